The number of hydrogen-bond acceptors (Lipinski definition) is 3. The Hall–Kier alpha value is -3.93. The topological polar surface area (TPSA) is 87.3 Å². The van der Waals surface area contributed by atoms with E-state index >= 15 is 0 Å². The fraction of sp³-hybridized carbons (Fsp3) is 0.250. The van der Waals surface area contributed by atoms with Gasteiger partial charge in [-0.25, -0.2) is 0 Å². The minimum absolute atomic E-state index is 0.159. The van der Waals surface area contributed by atoms with E-state index in [1.807, 2.05) is 70.2 Å². The van der Waals surface area contributed by atoms with Crippen LogP contribution in [0, 0.1) is 12.8 Å². The van der Waals surface area contributed by atoms with E-state index in [0.717, 1.165) is 11.1 Å². The zero-order valence-electron chi connectivity index (χ0n) is 20.0. The number of para-hydroxylation sites is 1. The van der Waals surface area contributed by atoms with Gasteiger partial charge in [-0.15, -0.1) is 0 Å². The molecular formula is C28H31N3O3. The summed E-state index contributed by atoms with van der Waals surface area (Å²) in [5, 5.41) is 8.64. The number of carbonyl (C=O) groups excluding carboxylic acids is 3. The van der Waals surface area contributed by atoms with Crippen molar-refractivity contribution < 1.29 is 14.4 Å². The first-order valence-electron chi connectivity index (χ1n) is 11.4. The highest BCUT2D eigenvalue weighted by Crippen LogP contribution is 2.19. The summed E-state index contributed by atoms with van der Waals surface area (Å²) in [6.45, 7) is 7.57. The van der Waals surface area contributed by atoms with Gasteiger partial charge in [0, 0.05) is 5.56 Å². The highest BCUT2D eigenvalue weighted by Gasteiger charge is 2.26. The van der Waals surface area contributed by atoms with Crippen molar-refractivity contribution in [2.75, 3.05) is 5.32 Å². The molecule has 0 bridgehead atoms. The smallest absolute Gasteiger partial charge is 0.253 e. The molecule has 6 nitrogen and oxygen atoms in total. The van der Waals surface area contributed by atoms with Crippen molar-refractivity contribution in [2.24, 2.45) is 5.92 Å². The lowest BCUT2D eigenvalue weighted by atomic mass is 10.0. The van der Waals surface area contributed by atoms with Gasteiger partial charge in [0.15, 0.2) is 0 Å². The summed E-state index contributed by atoms with van der Waals surface area (Å²) < 4.78 is 0. The maximum Gasteiger partial charge on any atom is 0.253 e. The molecule has 0 spiro atoms. The Morgan fingerprint density at radius 1 is 0.706 bits per heavy atom. The van der Waals surface area contributed by atoms with Crippen molar-refractivity contribution in [3.63, 3.8) is 0 Å². The fourth-order valence-electron chi connectivity index (χ4n) is 3.56. The molecule has 3 N–H and O–H groups in total. The molecule has 0 radical (unpaired) electrons. The third-order valence-electron chi connectivity index (χ3n) is 5.63. The van der Waals surface area contributed by atoms with E-state index in [9.17, 15) is 14.4 Å². The van der Waals surface area contributed by atoms with Crippen molar-refractivity contribution in [1.82, 2.24) is 10.6 Å². The lowest BCUT2D eigenvalue weighted by Gasteiger charge is -2.23. The molecule has 2 atom stereocenters. The van der Waals surface area contributed by atoms with Gasteiger partial charge >= 0.3 is 0 Å². The summed E-state index contributed by atoms with van der Waals surface area (Å²) in [7, 11) is 0. The van der Waals surface area contributed by atoms with Crippen molar-refractivity contribution in [2.45, 2.75) is 39.8 Å². The van der Waals surface area contributed by atoms with Gasteiger partial charge in [-0.2, -0.15) is 0 Å². The number of hydrogen-bond donors (Lipinski definition) is 3. The number of carbonyl (C=O) groups is 3. The fourth-order valence-corrected chi connectivity index (χ4v) is 3.56. The van der Waals surface area contributed by atoms with Crippen LogP contribution in [-0.4, -0.2) is 23.8 Å². The van der Waals surface area contributed by atoms with Crippen LogP contribution >= 0.6 is 0 Å². The Kier molecular flexibility index (Phi) is 8.19. The zero-order valence-corrected chi connectivity index (χ0v) is 20.0. The molecule has 0 saturated carbocycles. The van der Waals surface area contributed by atoms with Crippen LogP contribution in [0.2, 0.25) is 0 Å². The Morgan fingerprint density at radius 2 is 1.32 bits per heavy atom. The van der Waals surface area contributed by atoms with Crippen LogP contribution in [0.25, 0.3) is 0 Å². The van der Waals surface area contributed by atoms with E-state index in [4.69, 9.17) is 0 Å². The van der Waals surface area contributed by atoms with E-state index in [-0.39, 0.29) is 29.7 Å². The number of aryl methyl sites for hydroxylation is 1. The largest absolute Gasteiger partial charge is 0.345 e. The molecule has 6 heteroatoms. The zero-order chi connectivity index (χ0) is 24.7. The van der Waals surface area contributed by atoms with E-state index < -0.39 is 6.04 Å². The SMILES string of the molecule is Cc1ccc(C(=O)N[C@@H](C(=O)Nc2ccccc2C(=O)N[C@@H](C)c2ccccc2)C(C)C)cc1. The monoisotopic (exact) mass is 457 g/mol. The molecule has 0 aliphatic carbocycles. The van der Waals surface area contributed by atoms with Crippen LogP contribution in [0.1, 0.15) is 58.7 Å². The van der Waals surface area contributed by atoms with Crippen molar-refractivity contribution in [3.05, 3.63) is 101 Å². The van der Waals surface area contributed by atoms with E-state index in [1.54, 1.807) is 36.4 Å². The molecule has 0 saturated heterocycles. The normalized spacial score (nSPS) is 12.5. The minimum Gasteiger partial charge on any atom is -0.345 e. The first kappa shape index (κ1) is 24.7. The summed E-state index contributed by atoms with van der Waals surface area (Å²) in [5.41, 5.74) is 3.26. The van der Waals surface area contributed by atoms with Crippen molar-refractivity contribution in [1.29, 1.82) is 0 Å². The third-order valence-corrected chi connectivity index (χ3v) is 5.63. The van der Waals surface area contributed by atoms with Gasteiger partial charge in [0.05, 0.1) is 17.3 Å². The highest BCUT2D eigenvalue weighted by atomic mass is 16.2. The van der Waals surface area contributed by atoms with Gasteiger partial charge < -0.3 is 16.0 Å². The summed E-state index contributed by atoms with van der Waals surface area (Å²) in [6, 6.07) is 22.7. The molecule has 176 valence electrons. The van der Waals surface area contributed by atoms with Crippen molar-refractivity contribution >= 4 is 23.4 Å². The van der Waals surface area contributed by atoms with Gasteiger partial charge in [0.25, 0.3) is 11.8 Å². The summed E-state index contributed by atoms with van der Waals surface area (Å²) >= 11 is 0. The molecule has 0 aliphatic rings. The number of benzene rings is 3. The number of anilines is 1. The van der Waals surface area contributed by atoms with Crippen LogP contribution in [0.3, 0.4) is 0 Å². The number of nitrogens with one attached hydrogen (secondary N) is 3. The predicted molar refractivity (Wildman–Crippen MR) is 135 cm³/mol. The molecular weight excluding hydrogens is 426 g/mol. The lowest BCUT2D eigenvalue weighted by molar-refractivity contribution is -0.118. The lowest BCUT2D eigenvalue weighted by Crippen LogP contribution is -2.47. The molecule has 0 aromatic heterocycles. The number of amides is 3. The quantitative estimate of drug-likeness (QED) is 0.451. The minimum atomic E-state index is -0.770. The number of rotatable bonds is 8. The standard InChI is InChI=1S/C28H31N3O3/c1-18(2)25(31-26(32)22-16-14-19(3)15-17-22)28(34)30-24-13-9-8-12-23(24)27(33)29-20(4)21-10-6-5-7-11-21/h5-18,20,25H,1-4H3,(H,29,33)(H,30,34)(H,31,32)/t20-,25+/m0/s1. The van der Waals surface area contributed by atoms with Gasteiger partial charge in [-0.1, -0.05) is 74.0 Å². The molecule has 34 heavy (non-hydrogen) atoms. The highest BCUT2D eigenvalue weighted by molar-refractivity contribution is 6.06. The average molecular weight is 458 g/mol. The van der Waals surface area contributed by atoms with Gasteiger partial charge in [-0.3, -0.25) is 14.4 Å². The van der Waals surface area contributed by atoms with Crippen LogP contribution < -0.4 is 16.0 Å². The van der Waals surface area contributed by atoms with E-state index in [0.29, 0.717) is 16.8 Å². The first-order chi connectivity index (χ1) is 16.3. The average Bonchev–Trinajstić information content (AvgIpc) is 2.83. The van der Waals surface area contributed by atoms with Crippen LogP contribution in [-0.2, 0) is 4.79 Å². The van der Waals surface area contributed by atoms with Crippen LogP contribution in [0.15, 0.2) is 78.9 Å². The second-order valence-corrected chi connectivity index (χ2v) is 8.70. The second-order valence-electron chi connectivity index (χ2n) is 8.70. The van der Waals surface area contributed by atoms with Crippen LogP contribution in [0.5, 0.6) is 0 Å². The van der Waals surface area contributed by atoms with Gasteiger partial charge in [0.2, 0.25) is 5.91 Å². The van der Waals surface area contributed by atoms with Gasteiger partial charge in [0.1, 0.15) is 6.04 Å². The molecule has 3 aromatic rings. The summed E-state index contributed by atoms with van der Waals surface area (Å²) in [4.78, 5) is 38.8. The Balaban J connectivity index is 1.73. The molecule has 3 amide bonds. The maximum absolute atomic E-state index is 13.1. The molecule has 3 rings (SSSR count). The predicted octanol–water partition coefficient (Wildman–Crippen LogP) is 4.88. The van der Waals surface area contributed by atoms with Crippen LogP contribution in [0.4, 0.5) is 5.69 Å². The Morgan fingerprint density at radius 3 is 1.97 bits per heavy atom. The maximum atomic E-state index is 13.1. The molecule has 0 aliphatic heterocycles. The van der Waals surface area contributed by atoms with Crippen molar-refractivity contribution in [3.8, 4) is 0 Å². The molecule has 0 heterocycles. The summed E-state index contributed by atoms with van der Waals surface area (Å²) in [5.74, 6) is -1.16. The van der Waals surface area contributed by atoms with E-state index in [1.165, 1.54) is 0 Å². The molecule has 0 fully saturated rings. The molecule has 0 unspecified atom stereocenters. The Labute approximate surface area is 200 Å². The van der Waals surface area contributed by atoms with E-state index in [2.05, 4.69) is 16.0 Å². The Bertz CT molecular complexity index is 1140. The van der Waals surface area contributed by atoms with Gasteiger partial charge in [-0.05, 0) is 49.6 Å². The summed E-state index contributed by atoms with van der Waals surface area (Å²) in [6.07, 6.45) is 0. The first-order valence-corrected chi connectivity index (χ1v) is 11.4. The second kappa shape index (κ2) is 11.3. The third kappa shape index (κ3) is 6.32. The molecule has 3 aromatic carbocycles.